The van der Waals surface area contributed by atoms with Gasteiger partial charge in [0, 0.05) is 0 Å². The van der Waals surface area contributed by atoms with Crippen LogP contribution in [0.5, 0.6) is 0 Å². The van der Waals surface area contributed by atoms with E-state index in [0.717, 1.165) is 12.1 Å². The van der Waals surface area contributed by atoms with E-state index >= 15 is 0 Å². The first-order chi connectivity index (χ1) is 6.13. The van der Waals surface area contributed by atoms with Gasteiger partial charge >= 0.3 is 5.97 Å². The number of hydrogen-bond acceptors (Lipinski definition) is 6. The van der Waals surface area contributed by atoms with Gasteiger partial charge in [0.15, 0.2) is 4.34 Å². The molecule has 1 rings (SSSR count). The van der Waals surface area contributed by atoms with Crippen LogP contribution in [0.4, 0.5) is 4.39 Å². The average Bonchev–Trinajstić information content (AvgIpc) is 2.49. The van der Waals surface area contributed by atoms with Crippen molar-refractivity contribution < 1.29 is 13.9 Å². The summed E-state index contributed by atoms with van der Waals surface area (Å²) in [5, 5.41) is 8.08. The lowest BCUT2D eigenvalue weighted by Gasteiger charge is -2.01. The molecule has 0 aliphatic heterocycles. The number of carbonyl (C=O) groups excluding carboxylic acids is 1. The molecular weight excluding hydrogens is 215 g/mol. The summed E-state index contributed by atoms with van der Waals surface area (Å²) < 4.78 is 17.6. The molecule has 7 heteroatoms. The Morgan fingerprint density at radius 1 is 1.69 bits per heavy atom. The lowest BCUT2D eigenvalue weighted by molar-refractivity contribution is -0.142. The maximum Gasteiger partial charge on any atom is 0.351 e. The SMILES string of the molecule is COC(=O)C(F)Sc1nnc(C)s1. The maximum absolute atomic E-state index is 12.9. The highest BCUT2D eigenvalue weighted by Gasteiger charge is 2.20. The first kappa shape index (κ1) is 10.4. The molecule has 0 radical (unpaired) electrons. The molecule has 0 aliphatic carbocycles. The Hall–Kier alpha value is -0.690. The summed E-state index contributed by atoms with van der Waals surface area (Å²) in [5.41, 5.74) is -1.72. The van der Waals surface area contributed by atoms with Gasteiger partial charge in [-0.1, -0.05) is 11.3 Å². The van der Waals surface area contributed by atoms with Crippen molar-refractivity contribution in [2.45, 2.75) is 16.8 Å². The number of hydrogen-bond donors (Lipinski definition) is 0. The number of ether oxygens (including phenoxy) is 1. The van der Waals surface area contributed by atoms with Crippen LogP contribution in [-0.2, 0) is 9.53 Å². The van der Waals surface area contributed by atoms with E-state index in [1.807, 2.05) is 0 Å². The number of esters is 1. The molecule has 0 fully saturated rings. The van der Waals surface area contributed by atoms with Crippen LogP contribution in [-0.4, -0.2) is 28.8 Å². The second kappa shape index (κ2) is 4.52. The highest BCUT2D eigenvalue weighted by Crippen LogP contribution is 2.27. The minimum atomic E-state index is -1.72. The van der Waals surface area contributed by atoms with Gasteiger partial charge in [-0.15, -0.1) is 10.2 Å². The molecule has 1 unspecified atom stereocenters. The van der Waals surface area contributed by atoms with Crippen LogP contribution in [0.3, 0.4) is 0 Å². The molecule has 0 N–H and O–H groups in total. The van der Waals surface area contributed by atoms with E-state index < -0.39 is 11.5 Å². The number of halogens is 1. The number of thioether (sulfide) groups is 1. The maximum atomic E-state index is 12.9. The van der Waals surface area contributed by atoms with E-state index in [1.165, 1.54) is 11.3 Å². The lowest BCUT2D eigenvalue weighted by Crippen LogP contribution is -2.12. The van der Waals surface area contributed by atoms with Gasteiger partial charge in [0.05, 0.1) is 7.11 Å². The van der Waals surface area contributed by atoms with E-state index in [2.05, 4.69) is 14.9 Å². The molecule has 0 amide bonds. The Morgan fingerprint density at radius 2 is 2.38 bits per heavy atom. The molecule has 0 saturated carbocycles. The van der Waals surface area contributed by atoms with Crippen molar-refractivity contribution in [1.29, 1.82) is 0 Å². The van der Waals surface area contributed by atoms with Crippen molar-refractivity contribution in [3.8, 4) is 0 Å². The van der Waals surface area contributed by atoms with Crippen molar-refractivity contribution in [3.63, 3.8) is 0 Å². The third-order valence-electron chi connectivity index (χ3n) is 1.10. The number of methoxy groups -OCH3 is 1. The van der Waals surface area contributed by atoms with E-state index in [4.69, 9.17) is 0 Å². The number of nitrogens with zero attached hydrogens (tertiary/aromatic N) is 2. The lowest BCUT2D eigenvalue weighted by atomic mass is 10.8. The van der Waals surface area contributed by atoms with Crippen LogP contribution in [0.2, 0.25) is 0 Å². The van der Waals surface area contributed by atoms with Crippen LogP contribution < -0.4 is 0 Å². The Kier molecular flexibility index (Phi) is 3.61. The van der Waals surface area contributed by atoms with E-state index in [9.17, 15) is 9.18 Å². The van der Waals surface area contributed by atoms with Gasteiger partial charge in [0.1, 0.15) is 5.01 Å². The zero-order valence-electron chi connectivity index (χ0n) is 6.98. The minimum absolute atomic E-state index is 0.426. The number of alkyl halides is 1. The van der Waals surface area contributed by atoms with E-state index in [-0.39, 0.29) is 0 Å². The number of rotatable bonds is 3. The standard InChI is InChI=1S/C6H7FN2O2S2/c1-3-8-9-6(12-3)13-4(7)5(10)11-2/h4H,1-2H3. The molecule has 13 heavy (non-hydrogen) atoms. The van der Waals surface area contributed by atoms with Crippen molar-refractivity contribution in [1.82, 2.24) is 10.2 Å². The topological polar surface area (TPSA) is 52.1 Å². The molecule has 0 saturated heterocycles. The second-order valence-corrected chi connectivity index (χ2v) is 4.52. The summed E-state index contributed by atoms with van der Waals surface area (Å²) in [6.45, 7) is 1.76. The number of aromatic nitrogens is 2. The van der Waals surface area contributed by atoms with Crippen molar-refractivity contribution in [3.05, 3.63) is 5.01 Å². The summed E-state index contributed by atoms with van der Waals surface area (Å²) in [6, 6.07) is 0. The predicted octanol–water partition coefficient (Wildman–Crippen LogP) is 1.41. The molecule has 72 valence electrons. The van der Waals surface area contributed by atoms with Crippen LogP contribution >= 0.6 is 23.1 Å². The highest BCUT2D eigenvalue weighted by atomic mass is 32.2. The van der Waals surface area contributed by atoms with Crippen molar-refractivity contribution >= 4 is 29.1 Å². The van der Waals surface area contributed by atoms with E-state index in [0.29, 0.717) is 16.1 Å². The Labute approximate surface area is 82.5 Å². The Bertz CT molecular complexity index is 305. The van der Waals surface area contributed by atoms with Crippen LogP contribution in [0, 0.1) is 6.92 Å². The quantitative estimate of drug-likeness (QED) is 0.571. The van der Waals surface area contributed by atoms with Crippen LogP contribution in [0.1, 0.15) is 5.01 Å². The molecule has 1 aromatic rings. The molecule has 0 spiro atoms. The minimum Gasteiger partial charge on any atom is -0.466 e. The molecule has 1 heterocycles. The first-order valence-corrected chi connectivity index (χ1v) is 5.01. The fourth-order valence-electron chi connectivity index (χ4n) is 0.555. The average molecular weight is 222 g/mol. The largest absolute Gasteiger partial charge is 0.466 e. The van der Waals surface area contributed by atoms with Gasteiger partial charge < -0.3 is 4.74 Å². The molecule has 0 aliphatic rings. The molecule has 1 atom stereocenters. The third kappa shape index (κ3) is 2.92. The highest BCUT2D eigenvalue weighted by molar-refractivity contribution is 8.02. The second-order valence-electron chi connectivity index (χ2n) is 2.04. The summed E-state index contributed by atoms with van der Waals surface area (Å²) in [6.07, 6.45) is 0. The van der Waals surface area contributed by atoms with Gasteiger partial charge in [0.25, 0.3) is 0 Å². The van der Waals surface area contributed by atoms with Gasteiger partial charge in [-0.3, -0.25) is 0 Å². The normalized spacial score (nSPS) is 12.5. The van der Waals surface area contributed by atoms with Gasteiger partial charge in [-0.25, -0.2) is 9.18 Å². The Morgan fingerprint density at radius 3 is 2.85 bits per heavy atom. The fourth-order valence-corrected chi connectivity index (χ4v) is 2.24. The smallest absolute Gasteiger partial charge is 0.351 e. The van der Waals surface area contributed by atoms with Gasteiger partial charge in [-0.2, -0.15) is 0 Å². The third-order valence-corrected chi connectivity index (χ3v) is 2.95. The molecular formula is C6H7FN2O2S2. The number of aryl methyl sites for hydroxylation is 1. The summed E-state index contributed by atoms with van der Waals surface area (Å²) in [4.78, 5) is 10.7. The van der Waals surface area contributed by atoms with Gasteiger partial charge in [-0.05, 0) is 18.7 Å². The molecule has 1 aromatic heterocycles. The Balaban J connectivity index is 2.54. The van der Waals surface area contributed by atoms with Crippen LogP contribution in [0.25, 0.3) is 0 Å². The molecule has 4 nitrogen and oxygen atoms in total. The summed E-state index contributed by atoms with van der Waals surface area (Å²) in [7, 11) is 1.14. The van der Waals surface area contributed by atoms with Crippen molar-refractivity contribution in [2.75, 3.05) is 7.11 Å². The molecule has 0 bridgehead atoms. The van der Waals surface area contributed by atoms with Gasteiger partial charge in [0.2, 0.25) is 5.50 Å². The first-order valence-electron chi connectivity index (χ1n) is 3.32. The number of carbonyl (C=O) groups is 1. The van der Waals surface area contributed by atoms with Crippen LogP contribution in [0.15, 0.2) is 4.34 Å². The summed E-state index contributed by atoms with van der Waals surface area (Å²) in [5.74, 6) is -0.905. The zero-order chi connectivity index (χ0) is 9.84. The summed E-state index contributed by atoms with van der Waals surface area (Å²) >= 11 is 1.94. The van der Waals surface area contributed by atoms with Crippen molar-refractivity contribution in [2.24, 2.45) is 0 Å². The zero-order valence-corrected chi connectivity index (χ0v) is 8.62. The molecule has 0 aromatic carbocycles. The predicted molar refractivity (Wildman–Crippen MR) is 47.4 cm³/mol. The fraction of sp³-hybridized carbons (Fsp3) is 0.500. The van der Waals surface area contributed by atoms with E-state index in [1.54, 1.807) is 6.92 Å². The monoisotopic (exact) mass is 222 g/mol.